The highest BCUT2D eigenvalue weighted by Gasteiger charge is 2.16. The first-order valence-corrected chi connectivity index (χ1v) is 5.32. The number of benzene rings is 1. The molecule has 0 saturated heterocycles. The van der Waals surface area contributed by atoms with Crippen LogP contribution in [0.25, 0.3) is 0 Å². The fourth-order valence-corrected chi connectivity index (χ4v) is 1.80. The lowest BCUT2D eigenvalue weighted by Crippen LogP contribution is -2.13. The van der Waals surface area contributed by atoms with Crippen molar-refractivity contribution in [2.24, 2.45) is 5.92 Å². The fraction of sp³-hybridized carbons (Fsp3) is 0.462. The van der Waals surface area contributed by atoms with Crippen LogP contribution in [0.4, 0.5) is 0 Å². The van der Waals surface area contributed by atoms with Crippen molar-refractivity contribution in [3.05, 3.63) is 28.8 Å². The van der Waals surface area contributed by atoms with Gasteiger partial charge >= 0.3 is 5.97 Å². The molecular formula is C13H18O3. The number of carboxylic acids is 1. The van der Waals surface area contributed by atoms with Crippen molar-refractivity contribution < 1.29 is 14.6 Å². The van der Waals surface area contributed by atoms with Gasteiger partial charge in [0.15, 0.2) is 0 Å². The van der Waals surface area contributed by atoms with E-state index in [-0.39, 0.29) is 0 Å². The van der Waals surface area contributed by atoms with E-state index in [2.05, 4.69) is 0 Å². The number of hydrogen-bond donors (Lipinski definition) is 1. The molecule has 0 bridgehead atoms. The van der Waals surface area contributed by atoms with Gasteiger partial charge in [0.05, 0.1) is 13.0 Å². The summed E-state index contributed by atoms with van der Waals surface area (Å²) in [6.45, 7) is 5.69. The molecule has 1 aromatic rings. The highest BCUT2D eigenvalue weighted by Crippen LogP contribution is 2.26. The predicted molar refractivity (Wildman–Crippen MR) is 63.0 cm³/mol. The lowest BCUT2D eigenvalue weighted by Gasteiger charge is -2.14. The Balaban J connectivity index is 3.07. The van der Waals surface area contributed by atoms with Gasteiger partial charge in [0, 0.05) is 0 Å². The number of carboxylic acid groups (broad SMARTS) is 1. The van der Waals surface area contributed by atoms with Gasteiger partial charge in [0.2, 0.25) is 0 Å². The van der Waals surface area contributed by atoms with Crippen molar-refractivity contribution >= 4 is 5.97 Å². The molecule has 0 saturated carbocycles. The quantitative estimate of drug-likeness (QED) is 0.851. The van der Waals surface area contributed by atoms with Crippen molar-refractivity contribution in [1.82, 2.24) is 0 Å². The van der Waals surface area contributed by atoms with Crippen molar-refractivity contribution in [2.75, 3.05) is 7.11 Å². The molecule has 1 N–H and O–H groups in total. The Bertz CT molecular complexity index is 396. The van der Waals surface area contributed by atoms with Gasteiger partial charge in [-0.25, -0.2) is 0 Å². The number of hydrogen-bond acceptors (Lipinski definition) is 2. The van der Waals surface area contributed by atoms with Gasteiger partial charge in [0.25, 0.3) is 0 Å². The molecule has 0 spiro atoms. The molecule has 0 radical (unpaired) electrons. The number of carbonyl (C=O) groups is 1. The minimum Gasteiger partial charge on any atom is -0.496 e. The van der Waals surface area contributed by atoms with Gasteiger partial charge in [-0.2, -0.15) is 0 Å². The summed E-state index contributed by atoms with van der Waals surface area (Å²) < 4.78 is 5.29. The van der Waals surface area contributed by atoms with Crippen LogP contribution >= 0.6 is 0 Å². The zero-order valence-electron chi connectivity index (χ0n) is 10.2. The molecule has 1 atom stereocenters. The first kappa shape index (κ1) is 12.6. The summed E-state index contributed by atoms with van der Waals surface area (Å²) in [6, 6.07) is 3.99. The number of ether oxygens (including phenoxy) is 1. The van der Waals surface area contributed by atoms with E-state index in [9.17, 15) is 4.79 Å². The molecule has 0 fully saturated rings. The van der Waals surface area contributed by atoms with Gasteiger partial charge in [0.1, 0.15) is 5.75 Å². The van der Waals surface area contributed by atoms with Crippen LogP contribution < -0.4 is 4.74 Å². The predicted octanol–water partition coefficient (Wildman–Crippen LogP) is 2.58. The third-order valence-corrected chi connectivity index (χ3v) is 2.73. The highest BCUT2D eigenvalue weighted by atomic mass is 16.5. The Morgan fingerprint density at radius 3 is 2.56 bits per heavy atom. The first-order valence-electron chi connectivity index (χ1n) is 5.32. The molecule has 3 nitrogen and oxygen atoms in total. The summed E-state index contributed by atoms with van der Waals surface area (Å²) in [4.78, 5) is 10.8. The van der Waals surface area contributed by atoms with Crippen LogP contribution in [0.2, 0.25) is 0 Å². The summed E-state index contributed by atoms with van der Waals surface area (Å²) in [7, 11) is 1.61. The maximum absolute atomic E-state index is 10.8. The average Bonchev–Trinajstić information content (AvgIpc) is 2.21. The van der Waals surface area contributed by atoms with Crippen LogP contribution in [0.15, 0.2) is 12.1 Å². The van der Waals surface area contributed by atoms with E-state index in [1.54, 1.807) is 14.0 Å². The molecule has 1 rings (SSSR count). The van der Waals surface area contributed by atoms with Crippen molar-refractivity contribution in [3.8, 4) is 5.75 Å². The van der Waals surface area contributed by atoms with E-state index in [1.807, 2.05) is 26.0 Å². The molecular weight excluding hydrogens is 204 g/mol. The van der Waals surface area contributed by atoms with Crippen LogP contribution in [0.1, 0.15) is 23.6 Å². The number of aryl methyl sites for hydroxylation is 2. The molecule has 0 heterocycles. The Kier molecular flexibility index (Phi) is 3.93. The van der Waals surface area contributed by atoms with Gasteiger partial charge < -0.3 is 9.84 Å². The average molecular weight is 222 g/mol. The molecule has 3 heteroatoms. The summed E-state index contributed by atoms with van der Waals surface area (Å²) in [5.41, 5.74) is 3.20. The molecule has 88 valence electrons. The minimum atomic E-state index is -0.776. The second-order valence-electron chi connectivity index (χ2n) is 4.21. The van der Waals surface area contributed by atoms with E-state index in [0.29, 0.717) is 6.42 Å². The monoisotopic (exact) mass is 222 g/mol. The van der Waals surface area contributed by atoms with Gasteiger partial charge in [-0.05, 0) is 43.0 Å². The van der Waals surface area contributed by atoms with Gasteiger partial charge in [-0.3, -0.25) is 4.79 Å². The van der Waals surface area contributed by atoms with E-state index in [4.69, 9.17) is 9.84 Å². The topological polar surface area (TPSA) is 46.5 Å². The third kappa shape index (κ3) is 2.75. The zero-order chi connectivity index (χ0) is 12.3. The Morgan fingerprint density at radius 1 is 1.44 bits per heavy atom. The van der Waals surface area contributed by atoms with Crippen molar-refractivity contribution in [2.45, 2.75) is 27.2 Å². The van der Waals surface area contributed by atoms with Crippen LogP contribution in [-0.4, -0.2) is 18.2 Å². The summed E-state index contributed by atoms with van der Waals surface area (Å²) in [6.07, 6.45) is 0.505. The normalized spacial score (nSPS) is 12.2. The molecule has 0 aliphatic carbocycles. The Labute approximate surface area is 96.1 Å². The second-order valence-corrected chi connectivity index (χ2v) is 4.21. The molecule has 1 unspecified atom stereocenters. The maximum Gasteiger partial charge on any atom is 0.306 e. The van der Waals surface area contributed by atoms with E-state index in [0.717, 1.165) is 22.4 Å². The Morgan fingerprint density at radius 2 is 2.06 bits per heavy atom. The standard InChI is InChI=1S/C13H18O3/c1-8-5-9(2)11(12(6-8)16-4)7-10(3)13(14)15/h5-6,10H,7H2,1-4H3,(H,14,15). The lowest BCUT2D eigenvalue weighted by atomic mass is 9.95. The van der Waals surface area contributed by atoms with Crippen LogP contribution in [0, 0.1) is 19.8 Å². The fourth-order valence-electron chi connectivity index (χ4n) is 1.80. The number of rotatable bonds is 4. The molecule has 1 aromatic carbocycles. The molecule has 0 aromatic heterocycles. The van der Waals surface area contributed by atoms with Gasteiger partial charge in [-0.15, -0.1) is 0 Å². The van der Waals surface area contributed by atoms with Gasteiger partial charge in [-0.1, -0.05) is 13.0 Å². The zero-order valence-corrected chi connectivity index (χ0v) is 10.2. The van der Waals surface area contributed by atoms with Crippen LogP contribution in [-0.2, 0) is 11.2 Å². The first-order chi connectivity index (χ1) is 7.45. The lowest BCUT2D eigenvalue weighted by molar-refractivity contribution is -0.141. The summed E-state index contributed by atoms with van der Waals surface area (Å²) in [5.74, 6) is -0.386. The maximum atomic E-state index is 10.8. The van der Waals surface area contributed by atoms with Crippen molar-refractivity contribution in [3.63, 3.8) is 0 Å². The Hall–Kier alpha value is -1.51. The van der Waals surface area contributed by atoms with Crippen molar-refractivity contribution in [1.29, 1.82) is 0 Å². The highest BCUT2D eigenvalue weighted by molar-refractivity contribution is 5.70. The molecule has 0 amide bonds. The van der Waals surface area contributed by atoms with Crippen LogP contribution in [0.3, 0.4) is 0 Å². The van der Waals surface area contributed by atoms with E-state index < -0.39 is 11.9 Å². The summed E-state index contributed by atoms with van der Waals surface area (Å²) in [5, 5.41) is 8.91. The number of methoxy groups -OCH3 is 1. The number of aliphatic carboxylic acids is 1. The molecule has 0 aliphatic heterocycles. The molecule has 16 heavy (non-hydrogen) atoms. The summed E-state index contributed by atoms with van der Waals surface area (Å²) >= 11 is 0. The van der Waals surface area contributed by atoms with Crippen LogP contribution in [0.5, 0.6) is 5.75 Å². The largest absolute Gasteiger partial charge is 0.496 e. The smallest absolute Gasteiger partial charge is 0.306 e. The third-order valence-electron chi connectivity index (χ3n) is 2.73. The van der Waals surface area contributed by atoms with E-state index >= 15 is 0 Å². The second kappa shape index (κ2) is 5.01. The van der Waals surface area contributed by atoms with E-state index in [1.165, 1.54) is 0 Å². The molecule has 0 aliphatic rings. The minimum absolute atomic E-state index is 0.393. The SMILES string of the molecule is COc1cc(C)cc(C)c1CC(C)C(=O)O.